The Hall–Kier alpha value is -2.63. The summed E-state index contributed by atoms with van der Waals surface area (Å²) < 4.78 is 46.6. The Bertz CT molecular complexity index is 949. The highest BCUT2D eigenvalue weighted by molar-refractivity contribution is 5.92. The van der Waals surface area contributed by atoms with Crippen molar-refractivity contribution in [2.75, 3.05) is 6.61 Å². The third-order valence-electron chi connectivity index (χ3n) is 4.50. The van der Waals surface area contributed by atoms with Gasteiger partial charge in [0.25, 0.3) is 0 Å². The molecule has 0 amide bonds. The maximum Gasteiger partial charge on any atom is 0.419 e. The van der Waals surface area contributed by atoms with Gasteiger partial charge in [0.15, 0.2) is 0 Å². The molecular weight excluding hydrogens is 365 g/mol. The number of halogens is 3. The monoisotopic (exact) mass is 388 g/mol. The Morgan fingerprint density at radius 3 is 2.46 bits per heavy atom. The predicted octanol–water partition coefficient (Wildman–Crippen LogP) is 6.38. The van der Waals surface area contributed by atoms with Gasteiger partial charge in [-0.25, -0.2) is 9.97 Å². The molecule has 0 bridgehead atoms. The zero-order valence-electron chi connectivity index (χ0n) is 16.1. The first-order chi connectivity index (χ1) is 13.3. The van der Waals surface area contributed by atoms with Crippen molar-refractivity contribution in [1.29, 1.82) is 0 Å². The van der Waals surface area contributed by atoms with Crippen LogP contribution in [0.3, 0.4) is 0 Å². The molecule has 0 saturated carbocycles. The van der Waals surface area contributed by atoms with Crippen molar-refractivity contribution in [2.24, 2.45) is 11.8 Å². The molecule has 0 N–H and O–H groups in total. The zero-order chi connectivity index (χ0) is 20.3. The summed E-state index contributed by atoms with van der Waals surface area (Å²) in [5.41, 5.74) is 0.748. The third-order valence-corrected chi connectivity index (χ3v) is 4.50. The number of hydrogen-bond acceptors (Lipinski definition) is 3. The fourth-order valence-corrected chi connectivity index (χ4v) is 3.36. The van der Waals surface area contributed by atoms with Gasteiger partial charge in [-0.05, 0) is 42.5 Å². The van der Waals surface area contributed by atoms with E-state index < -0.39 is 11.7 Å². The van der Waals surface area contributed by atoms with E-state index in [0.717, 1.165) is 12.5 Å². The van der Waals surface area contributed by atoms with Crippen LogP contribution in [0.1, 0.15) is 32.8 Å². The molecule has 2 aromatic carbocycles. The van der Waals surface area contributed by atoms with Crippen LogP contribution < -0.4 is 4.74 Å². The molecule has 0 fully saturated rings. The average Bonchev–Trinajstić information content (AvgIpc) is 2.64. The first-order valence-corrected chi connectivity index (χ1v) is 9.30. The maximum atomic E-state index is 13.7. The van der Waals surface area contributed by atoms with Crippen molar-refractivity contribution in [1.82, 2.24) is 9.97 Å². The van der Waals surface area contributed by atoms with Gasteiger partial charge in [0.2, 0.25) is 0 Å². The highest BCUT2D eigenvalue weighted by Crippen LogP contribution is 2.39. The molecule has 0 saturated heterocycles. The molecule has 1 atom stereocenters. The lowest BCUT2D eigenvalue weighted by Crippen LogP contribution is -2.14. The fraction of sp³-hybridized carbons (Fsp3) is 0.364. The first-order valence-electron chi connectivity index (χ1n) is 9.30. The zero-order valence-corrected chi connectivity index (χ0v) is 16.1. The molecule has 1 aromatic heterocycles. The van der Waals surface area contributed by atoms with Crippen LogP contribution in [0.15, 0.2) is 48.8 Å². The van der Waals surface area contributed by atoms with Crippen molar-refractivity contribution in [2.45, 2.75) is 33.4 Å². The van der Waals surface area contributed by atoms with Gasteiger partial charge in [-0.1, -0.05) is 39.0 Å². The van der Waals surface area contributed by atoms with Crippen LogP contribution in [-0.2, 0) is 6.18 Å². The number of alkyl halides is 3. The smallest absolute Gasteiger partial charge is 0.419 e. The van der Waals surface area contributed by atoms with E-state index in [0.29, 0.717) is 28.1 Å². The van der Waals surface area contributed by atoms with E-state index in [4.69, 9.17) is 4.74 Å². The molecule has 0 aliphatic rings. The van der Waals surface area contributed by atoms with Crippen LogP contribution in [0, 0.1) is 11.8 Å². The number of benzene rings is 2. The quantitative estimate of drug-likeness (QED) is 0.492. The van der Waals surface area contributed by atoms with Crippen molar-refractivity contribution >= 4 is 10.9 Å². The molecule has 148 valence electrons. The average molecular weight is 388 g/mol. The summed E-state index contributed by atoms with van der Waals surface area (Å²) in [4.78, 5) is 8.39. The van der Waals surface area contributed by atoms with E-state index >= 15 is 0 Å². The molecular formula is C22H23F3N2O. The summed E-state index contributed by atoms with van der Waals surface area (Å²) in [6, 6.07) is 11.4. The molecule has 3 nitrogen and oxygen atoms in total. The van der Waals surface area contributed by atoms with Crippen molar-refractivity contribution in [3.8, 4) is 17.0 Å². The Morgan fingerprint density at radius 1 is 1.00 bits per heavy atom. The standard InChI is InChI=1S/C22H23F3N2O/c1-14(2)10-15(3)12-28-20-9-8-16(11-18(20)22(23,24)25)21-17-6-4-5-7-19(17)26-13-27-21/h4-9,11,13-15H,10,12H2,1-3H3. The number of fused-ring (bicyclic) bond motifs is 1. The van der Waals surface area contributed by atoms with E-state index in [2.05, 4.69) is 23.8 Å². The Labute approximate surface area is 162 Å². The van der Waals surface area contributed by atoms with E-state index in [9.17, 15) is 13.2 Å². The van der Waals surface area contributed by atoms with Crippen LogP contribution in [0.25, 0.3) is 22.2 Å². The minimum absolute atomic E-state index is 0.148. The fourth-order valence-electron chi connectivity index (χ4n) is 3.36. The molecule has 1 unspecified atom stereocenters. The number of rotatable bonds is 6. The lowest BCUT2D eigenvalue weighted by atomic mass is 10.00. The van der Waals surface area contributed by atoms with E-state index in [1.165, 1.54) is 12.4 Å². The molecule has 3 aromatic rings. The molecule has 6 heteroatoms. The highest BCUT2D eigenvalue weighted by atomic mass is 19.4. The lowest BCUT2D eigenvalue weighted by Gasteiger charge is -2.19. The summed E-state index contributed by atoms with van der Waals surface area (Å²) in [6.07, 6.45) is -2.26. The van der Waals surface area contributed by atoms with Gasteiger partial charge >= 0.3 is 6.18 Å². The topological polar surface area (TPSA) is 35.0 Å². The van der Waals surface area contributed by atoms with Crippen LogP contribution in [-0.4, -0.2) is 16.6 Å². The number of ether oxygens (including phenoxy) is 1. The third kappa shape index (κ3) is 4.61. The summed E-state index contributed by atoms with van der Waals surface area (Å²) in [5, 5.41) is 0.706. The van der Waals surface area contributed by atoms with Crippen molar-refractivity contribution in [3.05, 3.63) is 54.4 Å². The van der Waals surface area contributed by atoms with Crippen LogP contribution in [0.4, 0.5) is 13.2 Å². The Balaban J connectivity index is 1.97. The lowest BCUT2D eigenvalue weighted by molar-refractivity contribution is -0.139. The van der Waals surface area contributed by atoms with Gasteiger partial charge in [-0.15, -0.1) is 0 Å². The Kier molecular flexibility index (Phi) is 5.87. The predicted molar refractivity (Wildman–Crippen MR) is 104 cm³/mol. The van der Waals surface area contributed by atoms with Crippen molar-refractivity contribution < 1.29 is 17.9 Å². The molecule has 3 rings (SSSR count). The van der Waals surface area contributed by atoms with Gasteiger partial charge in [0, 0.05) is 10.9 Å². The first kappa shape index (κ1) is 20.1. The van der Waals surface area contributed by atoms with Gasteiger partial charge in [0.05, 0.1) is 23.4 Å². The van der Waals surface area contributed by atoms with E-state index in [1.54, 1.807) is 18.2 Å². The number of hydrogen-bond donors (Lipinski definition) is 0. The second-order valence-electron chi connectivity index (χ2n) is 7.49. The summed E-state index contributed by atoms with van der Waals surface area (Å²) >= 11 is 0. The summed E-state index contributed by atoms with van der Waals surface area (Å²) in [5.74, 6) is 0.492. The largest absolute Gasteiger partial charge is 0.493 e. The van der Waals surface area contributed by atoms with E-state index in [-0.39, 0.29) is 18.3 Å². The van der Waals surface area contributed by atoms with Crippen molar-refractivity contribution in [3.63, 3.8) is 0 Å². The van der Waals surface area contributed by atoms with Crippen LogP contribution in [0.2, 0.25) is 0 Å². The molecule has 0 spiro atoms. The summed E-state index contributed by atoms with van der Waals surface area (Å²) in [6.45, 7) is 6.39. The number of para-hydroxylation sites is 1. The SMILES string of the molecule is CC(C)CC(C)COc1ccc(-c2ncnc3ccccc23)cc1C(F)(F)F. The number of nitrogens with zero attached hydrogens (tertiary/aromatic N) is 2. The number of aromatic nitrogens is 2. The van der Waals surface area contributed by atoms with Gasteiger partial charge in [-0.3, -0.25) is 0 Å². The molecule has 0 aliphatic carbocycles. The minimum atomic E-state index is -4.52. The molecule has 0 aliphatic heterocycles. The van der Waals surface area contributed by atoms with Crippen LogP contribution >= 0.6 is 0 Å². The maximum absolute atomic E-state index is 13.7. The molecule has 0 radical (unpaired) electrons. The Morgan fingerprint density at radius 2 is 1.75 bits per heavy atom. The van der Waals surface area contributed by atoms with E-state index in [1.807, 2.05) is 19.1 Å². The second-order valence-corrected chi connectivity index (χ2v) is 7.49. The van der Waals surface area contributed by atoms with Crippen LogP contribution in [0.5, 0.6) is 5.75 Å². The van der Waals surface area contributed by atoms with Gasteiger partial charge in [-0.2, -0.15) is 13.2 Å². The van der Waals surface area contributed by atoms with Gasteiger partial charge in [0.1, 0.15) is 12.1 Å². The highest BCUT2D eigenvalue weighted by Gasteiger charge is 2.35. The normalized spacial score (nSPS) is 13.1. The van der Waals surface area contributed by atoms with Gasteiger partial charge < -0.3 is 4.74 Å². The minimum Gasteiger partial charge on any atom is -0.493 e. The summed E-state index contributed by atoms with van der Waals surface area (Å²) in [7, 11) is 0. The molecule has 28 heavy (non-hydrogen) atoms. The second kappa shape index (κ2) is 8.17. The molecule has 1 heterocycles.